The maximum Gasteiger partial charge on any atom is 0.335 e. The zero-order valence-corrected chi connectivity index (χ0v) is 6.09. The van der Waals surface area contributed by atoms with Crippen LogP contribution in [-0.2, 0) is 9.53 Å². The highest BCUT2D eigenvalue weighted by Gasteiger charge is 2.45. The van der Waals surface area contributed by atoms with Gasteiger partial charge in [0.15, 0.2) is 5.60 Å². The monoisotopic (exact) mass is 144 g/mol. The lowest BCUT2D eigenvalue weighted by molar-refractivity contribution is -0.177. The predicted octanol–water partition coefficient (Wildman–Crippen LogP) is 1.03. The van der Waals surface area contributed by atoms with E-state index in [0.717, 1.165) is 6.42 Å². The Morgan fingerprint density at radius 2 is 2.30 bits per heavy atom. The van der Waals surface area contributed by atoms with Crippen LogP contribution < -0.4 is 0 Å². The van der Waals surface area contributed by atoms with Crippen molar-refractivity contribution in [2.24, 2.45) is 0 Å². The smallest absolute Gasteiger partial charge is 0.335 e. The summed E-state index contributed by atoms with van der Waals surface area (Å²) in [5.41, 5.74) is -0.811. The minimum absolute atomic E-state index is 0.492. The molecule has 0 aromatic rings. The summed E-state index contributed by atoms with van der Waals surface area (Å²) in [5, 5.41) is 8.69. The van der Waals surface area contributed by atoms with Gasteiger partial charge in [-0.25, -0.2) is 4.79 Å². The second kappa shape index (κ2) is 2.58. The maximum atomic E-state index is 10.6. The normalized spacial score (nSPS) is 21.7. The Balaban J connectivity index is 2.50. The Labute approximate surface area is 60.0 Å². The summed E-state index contributed by atoms with van der Waals surface area (Å²) in [4.78, 5) is 10.6. The molecule has 0 unspecified atom stereocenters. The van der Waals surface area contributed by atoms with Crippen molar-refractivity contribution in [2.75, 3.05) is 6.61 Å². The Hall–Kier alpha value is -0.570. The predicted molar refractivity (Wildman–Crippen MR) is 35.8 cm³/mol. The molecule has 0 spiro atoms. The van der Waals surface area contributed by atoms with Gasteiger partial charge in [-0.3, -0.25) is 0 Å². The fourth-order valence-corrected chi connectivity index (χ4v) is 1.19. The molecule has 58 valence electrons. The van der Waals surface area contributed by atoms with Gasteiger partial charge >= 0.3 is 5.97 Å². The fraction of sp³-hybridized carbons (Fsp3) is 0.857. The number of aliphatic carboxylic acids is 1. The molecule has 1 N–H and O–H groups in total. The Morgan fingerprint density at radius 3 is 2.40 bits per heavy atom. The summed E-state index contributed by atoms with van der Waals surface area (Å²) < 4.78 is 5.13. The zero-order chi connectivity index (χ0) is 7.61. The molecule has 0 atom stereocenters. The van der Waals surface area contributed by atoms with Gasteiger partial charge in [0.2, 0.25) is 0 Å². The first-order chi connectivity index (χ1) is 4.71. The highest BCUT2D eigenvalue weighted by atomic mass is 16.5. The van der Waals surface area contributed by atoms with Gasteiger partial charge in [0, 0.05) is 6.61 Å². The lowest BCUT2D eigenvalue weighted by atomic mass is 9.80. The molecule has 3 heteroatoms. The van der Waals surface area contributed by atoms with Gasteiger partial charge in [-0.05, 0) is 26.2 Å². The minimum atomic E-state index is -0.811. The number of rotatable bonds is 3. The van der Waals surface area contributed by atoms with Crippen LogP contribution in [0.15, 0.2) is 0 Å². The van der Waals surface area contributed by atoms with Gasteiger partial charge < -0.3 is 9.84 Å². The van der Waals surface area contributed by atoms with Crippen LogP contribution in [0.4, 0.5) is 0 Å². The second-order valence-corrected chi connectivity index (χ2v) is 2.59. The molecule has 1 saturated carbocycles. The van der Waals surface area contributed by atoms with Crippen molar-refractivity contribution in [1.29, 1.82) is 0 Å². The summed E-state index contributed by atoms with van der Waals surface area (Å²) >= 11 is 0. The van der Waals surface area contributed by atoms with Gasteiger partial charge in [-0.15, -0.1) is 0 Å². The molecule has 0 aromatic heterocycles. The number of hydrogen-bond acceptors (Lipinski definition) is 2. The van der Waals surface area contributed by atoms with Crippen LogP contribution in [0.2, 0.25) is 0 Å². The van der Waals surface area contributed by atoms with E-state index in [9.17, 15) is 4.79 Å². The molecule has 1 fully saturated rings. The molecule has 1 aliphatic rings. The SMILES string of the molecule is CCOC1(C(=O)O)CCC1. The molecular weight excluding hydrogens is 132 g/mol. The molecule has 0 amide bonds. The van der Waals surface area contributed by atoms with Gasteiger partial charge in [-0.1, -0.05) is 0 Å². The number of carboxylic acid groups (broad SMARTS) is 1. The molecule has 0 aliphatic heterocycles. The van der Waals surface area contributed by atoms with Crippen LogP contribution in [0.3, 0.4) is 0 Å². The van der Waals surface area contributed by atoms with E-state index in [1.54, 1.807) is 0 Å². The Morgan fingerprint density at radius 1 is 1.70 bits per heavy atom. The number of ether oxygens (including phenoxy) is 1. The third-order valence-electron chi connectivity index (χ3n) is 1.97. The van der Waals surface area contributed by atoms with Crippen molar-refractivity contribution in [3.63, 3.8) is 0 Å². The Bertz CT molecular complexity index is 138. The molecule has 3 nitrogen and oxygen atoms in total. The van der Waals surface area contributed by atoms with Crippen molar-refractivity contribution >= 4 is 5.97 Å². The van der Waals surface area contributed by atoms with Crippen LogP contribution in [0.25, 0.3) is 0 Å². The van der Waals surface area contributed by atoms with Crippen molar-refractivity contribution in [1.82, 2.24) is 0 Å². The lowest BCUT2D eigenvalue weighted by Gasteiger charge is -2.36. The van der Waals surface area contributed by atoms with E-state index in [-0.39, 0.29) is 0 Å². The van der Waals surface area contributed by atoms with E-state index in [2.05, 4.69) is 0 Å². The number of carboxylic acids is 1. The number of carbonyl (C=O) groups is 1. The minimum Gasteiger partial charge on any atom is -0.479 e. The van der Waals surface area contributed by atoms with Crippen LogP contribution in [0.5, 0.6) is 0 Å². The van der Waals surface area contributed by atoms with E-state index < -0.39 is 11.6 Å². The highest BCUT2D eigenvalue weighted by molar-refractivity contribution is 5.78. The third-order valence-corrected chi connectivity index (χ3v) is 1.97. The Kier molecular flexibility index (Phi) is 1.94. The van der Waals surface area contributed by atoms with E-state index in [4.69, 9.17) is 9.84 Å². The van der Waals surface area contributed by atoms with Crippen molar-refractivity contribution in [3.8, 4) is 0 Å². The van der Waals surface area contributed by atoms with Crippen LogP contribution in [0, 0.1) is 0 Å². The molecule has 0 heterocycles. The number of hydrogen-bond donors (Lipinski definition) is 1. The summed E-state index contributed by atoms with van der Waals surface area (Å²) in [5.74, 6) is -0.805. The summed E-state index contributed by atoms with van der Waals surface area (Å²) in [6.07, 6.45) is 2.33. The summed E-state index contributed by atoms with van der Waals surface area (Å²) in [6, 6.07) is 0. The van der Waals surface area contributed by atoms with Gasteiger partial charge in [-0.2, -0.15) is 0 Å². The third kappa shape index (κ3) is 1.01. The molecule has 1 rings (SSSR count). The largest absolute Gasteiger partial charge is 0.479 e. The average molecular weight is 144 g/mol. The molecule has 1 aliphatic carbocycles. The maximum absolute atomic E-state index is 10.6. The van der Waals surface area contributed by atoms with Crippen LogP contribution >= 0.6 is 0 Å². The van der Waals surface area contributed by atoms with Crippen molar-refractivity contribution < 1.29 is 14.6 Å². The fourth-order valence-electron chi connectivity index (χ4n) is 1.19. The standard InChI is InChI=1S/C7H12O3/c1-2-10-7(6(8)9)4-3-5-7/h2-5H2,1H3,(H,8,9). The molecule has 0 bridgehead atoms. The second-order valence-electron chi connectivity index (χ2n) is 2.59. The summed E-state index contributed by atoms with van der Waals surface area (Å²) in [6.45, 7) is 2.31. The molecule has 10 heavy (non-hydrogen) atoms. The molecular formula is C7H12O3. The van der Waals surface area contributed by atoms with E-state index >= 15 is 0 Å². The van der Waals surface area contributed by atoms with E-state index in [0.29, 0.717) is 19.4 Å². The highest BCUT2D eigenvalue weighted by Crippen LogP contribution is 2.35. The van der Waals surface area contributed by atoms with Crippen LogP contribution in [-0.4, -0.2) is 23.3 Å². The first-order valence-electron chi connectivity index (χ1n) is 3.58. The quantitative estimate of drug-likeness (QED) is 0.643. The van der Waals surface area contributed by atoms with E-state index in [1.807, 2.05) is 6.92 Å². The van der Waals surface area contributed by atoms with Crippen molar-refractivity contribution in [3.05, 3.63) is 0 Å². The average Bonchev–Trinajstić information content (AvgIpc) is 1.77. The first-order valence-corrected chi connectivity index (χ1v) is 3.58. The van der Waals surface area contributed by atoms with Gasteiger partial charge in [0.25, 0.3) is 0 Å². The first kappa shape index (κ1) is 7.54. The molecule has 0 saturated heterocycles. The molecule has 0 aromatic carbocycles. The summed E-state index contributed by atoms with van der Waals surface area (Å²) in [7, 11) is 0. The van der Waals surface area contributed by atoms with Crippen molar-refractivity contribution in [2.45, 2.75) is 31.8 Å². The zero-order valence-electron chi connectivity index (χ0n) is 6.09. The lowest BCUT2D eigenvalue weighted by Crippen LogP contribution is -2.47. The van der Waals surface area contributed by atoms with Crippen LogP contribution in [0.1, 0.15) is 26.2 Å². The van der Waals surface area contributed by atoms with Gasteiger partial charge in [0.05, 0.1) is 0 Å². The topological polar surface area (TPSA) is 46.5 Å². The van der Waals surface area contributed by atoms with E-state index in [1.165, 1.54) is 0 Å². The van der Waals surface area contributed by atoms with Gasteiger partial charge in [0.1, 0.15) is 0 Å². The molecule has 0 radical (unpaired) electrons.